The van der Waals surface area contributed by atoms with Crippen LogP contribution in [-0.4, -0.2) is 56.0 Å². The van der Waals surface area contributed by atoms with E-state index in [4.69, 9.17) is 0 Å². The molecule has 2 rings (SSSR count). The maximum absolute atomic E-state index is 12.4. The molecule has 0 spiro atoms. The Bertz CT molecular complexity index is 635. The summed E-state index contributed by atoms with van der Waals surface area (Å²) in [7, 11) is 0. The highest BCUT2D eigenvalue weighted by Gasteiger charge is 2.22. The molecule has 0 bridgehead atoms. The van der Waals surface area contributed by atoms with Crippen LogP contribution in [0.5, 0.6) is 0 Å². The first-order valence-corrected chi connectivity index (χ1v) is 10.6. The fourth-order valence-corrected chi connectivity index (χ4v) is 3.79. The van der Waals surface area contributed by atoms with Gasteiger partial charge in [0.25, 0.3) is 5.91 Å². The van der Waals surface area contributed by atoms with Crippen LogP contribution in [0.3, 0.4) is 0 Å². The maximum Gasteiger partial charge on any atom is 0.251 e. The van der Waals surface area contributed by atoms with Gasteiger partial charge in [0.2, 0.25) is 5.91 Å². The van der Waals surface area contributed by atoms with Gasteiger partial charge in [-0.25, -0.2) is 0 Å². The van der Waals surface area contributed by atoms with Crippen molar-refractivity contribution in [2.24, 2.45) is 11.8 Å². The van der Waals surface area contributed by atoms with E-state index < -0.39 is 0 Å². The number of anilines is 1. The Morgan fingerprint density at radius 3 is 2.47 bits per heavy atom. The van der Waals surface area contributed by atoms with E-state index >= 15 is 0 Å². The normalized spacial score (nSPS) is 14.9. The Labute approximate surface area is 193 Å². The van der Waals surface area contributed by atoms with Crippen molar-refractivity contribution in [1.29, 1.82) is 0 Å². The Kier molecular flexibility index (Phi) is 14.8. The number of piperidine rings is 1. The quantitative estimate of drug-likeness (QED) is 0.498. The lowest BCUT2D eigenvalue weighted by molar-refractivity contribution is -0.117. The number of hydrogen-bond donors (Lipinski definition) is 3. The first-order valence-electron chi connectivity index (χ1n) is 10.6. The lowest BCUT2D eigenvalue weighted by Crippen LogP contribution is -2.34. The molecule has 1 aliphatic rings. The van der Waals surface area contributed by atoms with Gasteiger partial charge >= 0.3 is 0 Å². The highest BCUT2D eigenvalue weighted by Crippen LogP contribution is 2.24. The molecular formula is C22H38Cl2N4O2. The fourth-order valence-electron chi connectivity index (χ4n) is 3.79. The van der Waals surface area contributed by atoms with Gasteiger partial charge in [-0.05, 0) is 69.1 Å². The predicted octanol–water partition coefficient (Wildman–Crippen LogP) is 3.57. The minimum Gasteiger partial charge on any atom is -0.351 e. The van der Waals surface area contributed by atoms with Crippen LogP contribution in [0.2, 0.25) is 0 Å². The molecule has 172 valence electrons. The first-order chi connectivity index (χ1) is 13.5. The van der Waals surface area contributed by atoms with Gasteiger partial charge in [0, 0.05) is 30.8 Å². The van der Waals surface area contributed by atoms with E-state index in [9.17, 15) is 9.59 Å². The Morgan fingerprint density at radius 1 is 1.17 bits per heavy atom. The van der Waals surface area contributed by atoms with Crippen molar-refractivity contribution >= 4 is 42.3 Å². The predicted molar refractivity (Wildman–Crippen MR) is 129 cm³/mol. The first kappa shape index (κ1) is 28.7. The second kappa shape index (κ2) is 15.5. The Balaban J connectivity index is 0.00000420. The third-order valence-electron chi connectivity index (χ3n) is 5.71. The minimum atomic E-state index is -0.105. The summed E-state index contributed by atoms with van der Waals surface area (Å²) < 4.78 is 0. The zero-order valence-electron chi connectivity index (χ0n) is 18.4. The number of rotatable bonds is 10. The van der Waals surface area contributed by atoms with Gasteiger partial charge < -0.3 is 20.9 Å². The summed E-state index contributed by atoms with van der Waals surface area (Å²) in [5.41, 5.74) is 1.25. The summed E-state index contributed by atoms with van der Waals surface area (Å²) in [6.45, 7) is 11.9. The second-order valence-electron chi connectivity index (χ2n) is 7.68. The zero-order chi connectivity index (χ0) is 20.4. The smallest absolute Gasteiger partial charge is 0.251 e. The molecule has 0 aromatic heterocycles. The topological polar surface area (TPSA) is 73.5 Å². The third-order valence-corrected chi connectivity index (χ3v) is 5.71. The molecule has 1 heterocycles. The van der Waals surface area contributed by atoms with E-state index in [1.54, 1.807) is 12.1 Å². The summed E-state index contributed by atoms with van der Waals surface area (Å²) in [5, 5.41) is 9.28. The van der Waals surface area contributed by atoms with Crippen molar-refractivity contribution < 1.29 is 9.59 Å². The molecule has 1 aromatic rings. The maximum atomic E-state index is 12.4. The second-order valence-corrected chi connectivity index (χ2v) is 7.68. The Morgan fingerprint density at radius 2 is 1.83 bits per heavy atom. The molecule has 0 aliphatic carbocycles. The summed E-state index contributed by atoms with van der Waals surface area (Å²) in [5.74, 6) is 0.889. The van der Waals surface area contributed by atoms with Crippen molar-refractivity contribution in [1.82, 2.24) is 15.5 Å². The van der Waals surface area contributed by atoms with Crippen LogP contribution in [0, 0.1) is 11.8 Å². The SMILES string of the molecule is CCN(CC)CCNC(=O)c1cccc(NC(=O)CC(C)C2CCNCC2)c1.Cl.Cl. The van der Waals surface area contributed by atoms with Gasteiger partial charge in [0.15, 0.2) is 0 Å². The average molecular weight is 461 g/mol. The van der Waals surface area contributed by atoms with Crippen LogP contribution in [-0.2, 0) is 4.79 Å². The van der Waals surface area contributed by atoms with Gasteiger partial charge in [-0.3, -0.25) is 9.59 Å². The van der Waals surface area contributed by atoms with Crippen molar-refractivity contribution in [2.45, 2.75) is 40.0 Å². The molecule has 3 N–H and O–H groups in total. The third kappa shape index (κ3) is 9.65. The molecule has 1 saturated heterocycles. The molecule has 8 heteroatoms. The molecule has 1 fully saturated rings. The van der Waals surface area contributed by atoms with Crippen LogP contribution >= 0.6 is 24.8 Å². The van der Waals surface area contributed by atoms with Crippen LogP contribution < -0.4 is 16.0 Å². The van der Waals surface area contributed by atoms with E-state index in [1.165, 1.54) is 0 Å². The largest absolute Gasteiger partial charge is 0.351 e. The molecule has 6 nitrogen and oxygen atoms in total. The van der Waals surface area contributed by atoms with Crippen molar-refractivity contribution in [2.75, 3.05) is 44.6 Å². The molecule has 0 saturated carbocycles. The number of halogens is 2. The lowest BCUT2D eigenvalue weighted by atomic mass is 9.84. The molecule has 2 amide bonds. The van der Waals surface area contributed by atoms with Gasteiger partial charge in [0.05, 0.1) is 0 Å². The monoisotopic (exact) mass is 460 g/mol. The number of carbonyl (C=O) groups is 2. The molecule has 1 atom stereocenters. The van der Waals surface area contributed by atoms with Crippen molar-refractivity contribution in [3.63, 3.8) is 0 Å². The number of hydrogen-bond acceptors (Lipinski definition) is 4. The van der Waals surface area contributed by atoms with Crippen molar-refractivity contribution in [3.8, 4) is 0 Å². The van der Waals surface area contributed by atoms with E-state index in [-0.39, 0.29) is 36.6 Å². The van der Waals surface area contributed by atoms with E-state index in [0.29, 0.717) is 36.1 Å². The van der Waals surface area contributed by atoms with Gasteiger partial charge in [-0.2, -0.15) is 0 Å². The van der Waals surface area contributed by atoms with Crippen LogP contribution in [0.4, 0.5) is 5.69 Å². The van der Waals surface area contributed by atoms with E-state index in [0.717, 1.165) is 45.6 Å². The number of nitrogens with zero attached hydrogens (tertiary/aromatic N) is 1. The summed E-state index contributed by atoms with van der Waals surface area (Å²) in [4.78, 5) is 27.1. The molecule has 1 unspecified atom stereocenters. The van der Waals surface area contributed by atoms with Gasteiger partial charge in [-0.15, -0.1) is 24.8 Å². The number of carbonyl (C=O) groups excluding carboxylic acids is 2. The van der Waals surface area contributed by atoms with Crippen LogP contribution in [0.15, 0.2) is 24.3 Å². The number of amides is 2. The fraction of sp³-hybridized carbons (Fsp3) is 0.636. The number of benzene rings is 1. The summed E-state index contributed by atoms with van der Waals surface area (Å²) >= 11 is 0. The number of nitrogens with one attached hydrogen (secondary N) is 3. The van der Waals surface area contributed by atoms with Gasteiger partial charge in [0.1, 0.15) is 0 Å². The zero-order valence-corrected chi connectivity index (χ0v) is 20.0. The molecule has 0 radical (unpaired) electrons. The minimum absolute atomic E-state index is 0. The van der Waals surface area contributed by atoms with E-state index in [2.05, 4.69) is 41.6 Å². The molecule has 1 aromatic carbocycles. The number of likely N-dealkylation sites (N-methyl/N-ethyl adjacent to an activating group) is 1. The molecule has 30 heavy (non-hydrogen) atoms. The summed E-state index contributed by atoms with van der Waals surface area (Å²) in [6, 6.07) is 7.17. The highest BCUT2D eigenvalue weighted by atomic mass is 35.5. The lowest BCUT2D eigenvalue weighted by Gasteiger charge is -2.27. The average Bonchev–Trinajstić information content (AvgIpc) is 2.71. The van der Waals surface area contributed by atoms with Gasteiger partial charge in [-0.1, -0.05) is 26.8 Å². The van der Waals surface area contributed by atoms with Crippen LogP contribution in [0.25, 0.3) is 0 Å². The molecule has 1 aliphatic heterocycles. The molecular weight excluding hydrogens is 423 g/mol. The van der Waals surface area contributed by atoms with Crippen molar-refractivity contribution in [3.05, 3.63) is 29.8 Å². The standard InChI is InChI=1S/C22H36N4O2.2ClH/c1-4-26(5-2)14-13-24-22(28)19-7-6-8-20(16-19)25-21(27)15-17(3)18-9-11-23-12-10-18;;/h6-8,16-18,23H,4-5,9-15H2,1-3H3,(H,24,28)(H,25,27);2*1H. The highest BCUT2D eigenvalue weighted by molar-refractivity contribution is 5.97. The summed E-state index contributed by atoms with van der Waals surface area (Å²) in [6.07, 6.45) is 2.79. The Hall–Kier alpha value is -1.34. The van der Waals surface area contributed by atoms with Crippen LogP contribution in [0.1, 0.15) is 50.4 Å². The van der Waals surface area contributed by atoms with E-state index in [1.807, 2.05) is 12.1 Å².